The van der Waals surface area contributed by atoms with Crippen molar-refractivity contribution in [2.75, 3.05) is 76.8 Å². The molecule has 0 spiro atoms. The van der Waals surface area contributed by atoms with Gasteiger partial charge in [0, 0.05) is 69.1 Å². The Labute approximate surface area is 410 Å². The molecular weight excluding hydrogens is 962 g/mol. The van der Waals surface area contributed by atoms with Gasteiger partial charge in [-0.2, -0.15) is 0 Å². The highest BCUT2D eigenvalue weighted by atomic mass is 79.9. The summed E-state index contributed by atoms with van der Waals surface area (Å²) in [6, 6.07) is 24.8. The largest absolute Gasteiger partial charge is 0.465 e. The lowest BCUT2D eigenvalue weighted by Gasteiger charge is -2.38. The van der Waals surface area contributed by atoms with Gasteiger partial charge in [0.05, 0.1) is 31.9 Å². The van der Waals surface area contributed by atoms with Crippen molar-refractivity contribution >= 4 is 63.5 Å². The van der Waals surface area contributed by atoms with Gasteiger partial charge in [-0.3, -0.25) is 4.90 Å². The minimum absolute atomic E-state index is 0.220. The lowest BCUT2D eigenvalue weighted by atomic mass is 10.1. The molecule has 0 bridgehead atoms. The number of amides is 6. The van der Waals surface area contributed by atoms with Crippen LogP contribution in [0, 0.1) is 11.6 Å². The van der Waals surface area contributed by atoms with Gasteiger partial charge in [-0.1, -0.05) is 40.2 Å². The number of nitrogens with zero attached hydrogens (tertiary/aromatic N) is 5. The molecule has 6 rings (SSSR count). The van der Waals surface area contributed by atoms with E-state index in [9.17, 15) is 37.5 Å². The molecule has 4 aromatic carbocycles. The fourth-order valence-corrected chi connectivity index (χ4v) is 6.89. The predicted molar refractivity (Wildman–Crippen MR) is 260 cm³/mol. The molecule has 2 aliphatic rings. The molecular formula is C50H61BrF2N6O10. The monoisotopic (exact) mass is 1020 g/mol. The number of anilines is 2. The highest BCUT2D eigenvalue weighted by molar-refractivity contribution is 9.08. The molecule has 0 atom stereocenters. The Balaban J connectivity index is 0.000000254. The summed E-state index contributed by atoms with van der Waals surface area (Å²) in [6.45, 7) is 14.2. The molecule has 2 saturated heterocycles. The van der Waals surface area contributed by atoms with Crippen LogP contribution in [-0.4, -0.2) is 134 Å². The first-order chi connectivity index (χ1) is 32.6. The van der Waals surface area contributed by atoms with Crippen molar-refractivity contribution in [3.05, 3.63) is 131 Å². The van der Waals surface area contributed by atoms with Crippen molar-refractivity contribution in [2.24, 2.45) is 0 Å². The van der Waals surface area contributed by atoms with Crippen molar-refractivity contribution < 1.29 is 56.5 Å². The highest BCUT2D eigenvalue weighted by Gasteiger charge is 2.31. The number of urea groups is 2. The van der Waals surface area contributed by atoms with E-state index in [0.717, 1.165) is 16.5 Å². The number of hydrogen-bond donors (Lipinski definition) is 1. The lowest BCUT2D eigenvalue weighted by molar-refractivity contribution is 0.0165. The van der Waals surface area contributed by atoms with Crippen LogP contribution in [0.2, 0.25) is 0 Å². The summed E-state index contributed by atoms with van der Waals surface area (Å²) in [7, 11) is 2.69. The van der Waals surface area contributed by atoms with Gasteiger partial charge in [0.2, 0.25) is 0 Å². The van der Waals surface area contributed by atoms with Crippen molar-refractivity contribution in [1.82, 2.24) is 19.6 Å². The van der Waals surface area contributed by atoms with Crippen LogP contribution in [0.1, 0.15) is 73.4 Å². The minimum Gasteiger partial charge on any atom is -0.465 e. The number of carbonyl (C=O) groups excluding carboxylic acids is 6. The molecule has 0 saturated carbocycles. The summed E-state index contributed by atoms with van der Waals surface area (Å²) in [4.78, 5) is 80.6. The molecule has 16 nitrogen and oxygen atoms in total. The SMILES string of the molecule is CC(C)(C)OC(=O)N1CCN(C(=O)Nc2ccc(F)cc2)CC1.COC(=O)c1ccc(CBr)cc1.COC(=O)c1ccc(CN(C(=O)N2CCN(C(=O)OC(C)(C)C)CC2)c2ccc(F)cc2)cc1. The van der Waals surface area contributed by atoms with Crippen LogP contribution in [0.5, 0.6) is 0 Å². The Hall–Kier alpha value is -6.76. The van der Waals surface area contributed by atoms with Crippen molar-refractivity contribution in [3.8, 4) is 0 Å². The van der Waals surface area contributed by atoms with Crippen LogP contribution in [0.15, 0.2) is 97.1 Å². The van der Waals surface area contributed by atoms with Crippen LogP contribution < -0.4 is 10.2 Å². The third kappa shape index (κ3) is 18.0. The van der Waals surface area contributed by atoms with Crippen LogP contribution in [0.4, 0.5) is 39.3 Å². The number of rotatable bonds is 7. The molecule has 372 valence electrons. The molecule has 0 radical (unpaired) electrons. The molecule has 2 aliphatic heterocycles. The molecule has 0 aromatic heterocycles. The Bertz CT molecular complexity index is 2330. The molecule has 2 heterocycles. The van der Waals surface area contributed by atoms with Gasteiger partial charge in [-0.25, -0.2) is 37.5 Å². The van der Waals surface area contributed by atoms with E-state index < -0.39 is 29.1 Å². The van der Waals surface area contributed by atoms with Crippen molar-refractivity contribution in [1.29, 1.82) is 0 Å². The van der Waals surface area contributed by atoms with Crippen molar-refractivity contribution in [3.63, 3.8) is 0 Å². The van der Waals surface area contributed by atoms with Crippen molar-refractivity contribution in [2.45, 2.75) is 64.6 Å². The highest BCUT2D eigenvalue weighted by Crippen LogP contribution is 2.22. The average molecular weight is 1020 g/mol. The number of benzene rings is 4. The van der Waals surface area contributed by atoms with Crippen LogP contribution in [0.3, 0.4) is 0 Å². The summed E-state index contributed by atoms with van der Waals surface area (Å²) in [5.41, 5.74) is 2.87. The fourth-order valence-electron chi connectivity index (χ4n) is 6.52. The van der Waals surface area contributed by atoms with Gasteiger partial charge in [0.15, 0.2) is 0 Å². The van der Waals surface area contributed by atoms with E-state index in [-0.39, 0.29) is 36.5 Å². The molecule has 0 aliphatic carbocycles. The van der Waals surface area contributed by atoms with E-state index in [2.05, 4.69) is 26.0 Å². The standard InChI is InChI=1S/C25H30FN3O5.C16H22FN3O3.C9H9BrO2/c1-25(2,3)34-24(32)28-15-13-27(14-16-28)23(31)29(21-11-9-20(26)10-12-21)17-18-5-7-19(8-6-18)22(30)33-4;1-16(2,3)23-15(22)20-10-8-19(9-11-20)14(21)18-13-6-4-12(17)5-7-13;1-12-9(11)8-4-2-7(6-10)3-5-8/h5-12H,13-17H2,1-4H3;4-7H,8-11H2,1-3H3,(H,18,21);2-5H,6H2,1H3. The van der Waals surface area contributed by atoms with Gasteiger partial charge < -0.3 is 43.9 Å². The van der Waals surface area contributed by atoms with E-state index in [1.54, 1.807) is 73.0 Å². The number of carbonyl (C=O) groups is 6. The molecule has 4 aromatic rings. The first-order valence-corrected chi connectivity index (χ1v) is 23.2. The first kappa shape index (κ1) is 54.8. The Morgan fingerprint density at radius 3 is 1.32 bits per heavy atom. The Morgan fingerprint density at radius 2 is 0.928 bits per heavy atom. The molecule has 2 fully saturated rings. The third-order valence-electron chi connectivity index (χ3n) is 10.1. The average Bonchev–Trinajstić information content (AvgIpc) is 3.33. The zero-order valence-corrected chi connectivity index (χ0v) is 41.8. The third-order valence-corrected chi connectivity index (χ3v) is 10.8. The second kappa shape index (κ2) is 25.6. The van der Waals surface area contributed by atoms with E-state index in [0.29, 0.717) is 74.9 Å². The number of hydrogen-bond acceptors (Lipinski definition) is 10. The smallest absolute Gasteiger partial charge is 0.410 e. The van der Waals surface area contributed by atoms with E-state index in [1.165, 1.54) is 50.6 Å². The normalized spacial score (nSPS) is 13.6. The Kier molecular flexibility index (Phi) is 20.3. The number of halogens is 3. The quantitative estimate of drug-likeness (QED) is 0.107. The summed E-state index contributed by atoms with van der Waals surface area (Å²) in [6.07, 6.45) is -0.767. The van der Waals surface area contributed by atoms with Crippen LogP contribution >= 0.6 is 15.9 Å². The van der Waals surface area contributed by atoms with Gasteiger partial charge in [0.1, 0.15) is 22.8 Å². The van der Waals surface area contributed by atoms with Gasteiger partial charge >= 0.3 is 36.2 Å². The number of ether oxygens (including phenoxy) is 4. The summed E-state index contributed by atoms with van der Waals surface area (Å²) >= 11 is 3.32. The van der Waals surface area contributed by atoms with E-state index >= 15 is 0 Å². The molecule has 6 amide bonds. The molecule has 1 N–H and O–H groups in total. The van der Waals surface area contributed by atoms with Crippen LogP contribution in [-0.2, 0) is 30.8 Å². The maximum absolute atomic E-state index is 13.5. The van der Waals surface area contributed by atoms with Gasteiger partial charge in [0.25, 0.3) is 0 Å². The summed E-state index contributed by atoms with van der Waals surface area (Å²) in [5, 5.41) is 3.51. The maximum Gasteiger partial charge on any atom is 0.410 e. The zero-order chi connectivity index (χ0) is 50.9. The lowest BCUT2D eigenvalue weighted by Crippen LogP contribution is -2.54. The minimum atomic E-state index is -0.590. The number of alkyl halides is 1. The number of piperazine rings is 2. The predicted octanol–water partition coefficient (Wildman–Crippen LogP) is 9.57. The fraction of sp³-hybridized carbons (Fsp3) is 0.400. The van der Waals surface area contributed by atoms with Gasteiger partial charge in [-0.15, -0.1) is 0 Å². The van der Waals surface area contributed by atoms with Gasteiger partial charge in [-0.05, 0) is 125 Å². The van der Waals surface area contributed by atoms with Crippen LogP contribution in [0.25, 0.3) is 0 Å². The van der Waals surface area contributed by atoms with E-state index in [1.807, 2.05) is 53.7 Å². The second-order valence-corrected chi connectivity index (χ2v) is 18.3. The summed E-state index contributed by atoms with van der Waals surface area (Å²) < 4.78 is 46.4. The first-order valence-electron chi connectivity index (χ1n) is 22.1. The topological polar surface area (TPSA) is 168 Å². The van der Waals surface area contributed by atoms with E-state index in [4.69, 9.17) is 14.2 Å². The Morgan fingerprint density at radius 1 is 0.551 bits per heavy atom. The molecule has 69 heavy (non-hydrogen) atoms. The number of nitrogens with one attached hydrogen (secondary N) is 1. The molecule has 19 heteroatoms. The number of methoxy groups -OCH3 is 2. The second-order valence-electron chi connectivity index (χ2n) is 17.7. The zero-order valence-electron chi connectivity index (χ0n) is 40.3. The maximum atomic E-state index is 13.5. The number of esters is 2. The molecule has 0 unspecified atom stereocenters. The summed E-state index contributed by atoms with van der Waals surface area (Å²) in [5.74, 6) is -1.49.